The van der Waals surface area contributed by atoms with Crippen LogP contribution in [0, 0.1) is 0 Å². The average molecular weight is 544 g/mol. The highest BCUT2D eigenvalue weighted by Gasteiger charge is 2.38. The molecule has 7 heterocycles. The number of hydrogen-bond acceptors (Lipinski definition) is 7. The highest BCUT2D eigenvalue weighted by atomic mass is 19.3. The van der Waals surface area contributed by atoms with Crippen LogP contribution in [0.4, 0.5) is 8.78 Å². The van der Waals surface area contributed by atoms with E-state index in [9.17, 15) is 8.78 Å². The molecule has 0 spiro atoms. The van der Waals surface area contributed by atoms with Crippen molar-refractivity contribution in [3.05, 3.63) is 59.6 Å². The largest absolute Gasteiger partial charge is 0.368 e. The maximum Gasteiger partial charge on any atom is 0.261 e. The lowest BCUT2D eigenvalue weighted by atomic mass is 10.1. The van der Waals surface area contributed by atoms with Gasteiger partial charge < -0.3 is 14.8 Å². The van der Waals surface area contributed by atoms with Gasteiger partial charge in [-0.1, -0.05) is 0 Å². The summed E-state index contributed by atoms with van der Waals surface area (Å²) < 4.78 is 27.3. The van der Waals surface area contributed by atoms with E-state index in [1.165, 1.54) is 5.70 Å². The van der Waals surface area contributed by atoms with Gasteiger partial charge in [0, 0.05) is 86.8 Å². The van der Waals surface area contributed by atoms with Crippen molar-refractivity contribution in [2.45, 2.75) is 25.4 Å². The lowest BCUT2D eigenvalue weighted by molar-refractivity contribution is 0.0115. The molecule has 40 heavy (non-hydrogen) atoms. The minimum atomic E-state index is -2.61. The van der Waals surface area contributed by atoms with Crippen LogP contribution in [0.3, 0.4) is 0 Å². The van der Waals surface area contributed by atoms with Crippen molar-refractivity contribution in [1.29, 1.82) is 0 Å². The van der Waals surface area contributed by atoms with Gasteiger partial charge in [-0.2, -0.15) is 5.10 Å². The zero-order valence-electron chi connectivity index (χ0n) is 22.4. The molecular formula is C29H31F2N9. The Bertz CT molecular complexity index is 1610. The topological polar surface area (TPSA) is 92.3 Å². The Morgan fingerprint density at radius 2 is 1.93 bits per heavy atom. The molecule has 206 valence electrons. The fourth-order valence-electron chi connectivity index (χ4n) is 5.82. The van der Waals surface area contributed by atoms with Gasteiger partial charge in [-0.05, 0) is 43.0 Å². The molecule has 3 aliphatic heterocycles. The Labute approximate surface area is 230 Å². The van der Waals surface area contributed by atoms with E-state index in [1.807, 2.05) is 24.4 Å². The third-order valence-electron chi connectivity index (χ3n) is 8.01. The van der Waals surface area contributed by atoms with Crippen LogP contribution in [-0.2, 0) is 13.1 Å². The van der Waals surface area contributed by atoms with Crippen LogP contribution in [0.1, 0.15) is 23.2 Å². The third-order valence-corrected chi connectivity index (χ3v) is 8.01. The van der Waals surface area contributed by atoms with Crippen molar-refractivity contribution in [1.82, 2.24) is 39.8 Å². The van der Waals surface area contributed by atoms with Gasteiger partial charge >= 0.3 is 0 Å². The molecular weight excluding hydrogens is 512 g/mol. The molecule has 0 bridgehead atoms. The van der Waals surface area contributed by atoms with E-state index in [-0.39, 0.29) is 13.0 Å². The molecule has 2 N–H and O–H groups in total. The van der Waals surface area contributed by atoms with E-state index in [0.29, 0.717) is 19.6 Å². The van der Waals surface area contributed by atoms with Gasteiger partial charge in [-0.3, -0.25) is 20.0 Å². The van der Waals surface area contributed by atoms with E-state index in [2.05, 4.69) is 54.1 Å². The average Bonchev–Trinajstić information content (AvgIpc) is 3.62. The minimum absolute atomic E-state index is 0.0945. The summed E-state index contributed by atoms with van der Waals surface area (Å²) in [6.07, 6.45) is 7.41. The molecule has 4 aromatic rings. The number of nitrogens with one attached hydrogen (secondary N) is 2. The van der Waals surface area contributed by atoms with Crippen molar-refractivity contribution in [2.24, 2.45) is 4.99 Å². The standard InChI is InChI=1S/C29H31F2N9/c1-38-8-10-40(11-9-38)26-4-6-32-16-25-21(26)13-24(34-25)28-27-23(36-37-28)3-2-22(35-27)20-12-19(14-33-15-20)17-39-7-5-29(30,31)18-39/h2-4,6,12-15,34H,5,7-11,16-18H2,1H3,(H,36,37). The van der Waals surface area contributed by atoms with Crippen LogP contribution >= 0.6 is 0 Å². The van der Waals surface area contributed by atoms with Crippen LogP contribution < -0.4 is 0 Å². The Kier molecular flexibility index (Phi) is 6.20. The van der Waals surface area contributed by atoms with E-state index in [1.54, 1.807) is 17.3 Å². The molecule has 0 unspecified atom stereocenters. The number of hydrogen-bond donors (Lipinski definition) is 2. The summed E-state index contributed by atoms with van der Waals surface area (Å²) in [5.74, 6) is -2.61. The molecule has 0 aromatic carbocycles. The zero-order chi connectivity index (χ0) is 27.3. The Hall–Kier alpha value is -3.96. The fourth-order valence-corrected chi connectivity index (χ4v) is 5.82. The Morgan fingerprint density at radius 3 is 2.75 bits per heavy atom. The van der Waals surface area contributed by atoms with Gasteiger partial charge in [0.05, 0.1) is 30.0 Å². The molecule has 2 fully saturated rings. The number of halogens is 2. The molecule has 0 radical (unpaired) electrons. The number of rotatable bonds is 5. The fraction of sp³-hybridized carbons (Fsp3) is 0.379. The van der Waals surface area contributed by atoms with Gasteiger partial charge in [0.15, 0.2) is 0 Å². The van der Waals surface area contributed by atoms with Gasteiger partial charge in [0.25, 0.3) is 5.92 Å². The normalized spacial score (nSPS) is 19.7. The smallest absolute Gasteiger partial charge is 0.261 e. The summed E-state index contributed by atoms with van der Waals surface area (Å²) in [7, 11) is 2.16. The quantitative estimate of drug-likeness (QED) is 0.395. The Morgan fingerprint density at radius 1 is 1.05 bits per heavy atom. The molecule has 0 aliphatic carbocycles. The second-order valence-electron chi connectivity index (χ2n) is 11.0. The molecule has 2 saturated heterocycles. The van der Waals surface area contributed by atoms with Gasteiger partial charge in [-0.15, -0.1) is 0 Å². The first-order chi connectivity index (χ1) is 19.4. The van der Waals surface area contributed by atoms with Gasteiger partial charge in [-0.25, -0.2) is 13.8 Å². The van der Waals surface area contributed by atoms with E-state index in [4.69, 9.17) is 4.98 Å². The number of likely N-dealkylation sites (tertiary alicyclic amines) is 1. The van der Waals surface area contributed by atoms with E-state index < -0.39 is 5.92 Å². The molecule has 0 saturated carbocycles. The maximum atomic E-state index is 13.7. The third kappa shape index (κ3) is 4.79. The molecule has 11 heteroatoms. The minimum Gasteiger partial charge on any atom is -0.368 e. The number of aliphatic imine (C=N–C) groups is 1. The molecule has 9 nitrogen and oxygen atoms in total. The lowest BCUT2D eigenvalue weighted by Gasteiger charge is -2.35. The summed E-state index contributed by atoms with van der Waals surface area (Å²) >= 11 is 0. The number of nitrogens with zero attached hydrogens (tertiary/aromatic N) is 7. The number of H-pyrrole nitrogens is 2. The van der Waals surface area contributed by atoms with Crippen LogP contribution in [0.5, 0.6) is 0 Å². The first kappa shape index (κ1) is 25.0. The molecule has 7 rings (SSSR count). The summed E-state index contributed by atoms with van der Waals surface area (Å²) in [5, 5.41) is 7.74. The summed E-state index contributed by atoms with van der Waals surface area (Å²) in [5.41, 5.74) is 9.10. The second kappa shape index (κ2) is 9.90. The number of fused-ring (bicyclic) bond motifs is 2. The lowest BCUT2D eigenvalue weighted by Crippen LogP contribution is -2.43. The van der Waals surface area contributed by atoms with Crippen LogP contribution in [0.15, 0.2) is 47.7 Å². The van der Waals surface area contributed by atoms with Crippen molar-refractivity contribution in [3.63, 3.8) is 0 Å². The van der Waals surface area contributed by atoms with Crippen molar-refractivity contribution in [2.75, 3.05) is 46.3 Å². The molecule has 0 amide bonds. The predicted octanol–water partition coefficient (Wildman–Crippen LogP) is 4.03. The second-order valence-corrected chi connectivity index (χ2v) is 11.0. The van der Waals surface area contributed by atoms with Crippen LogP contribution in [0.2, 0.25) is 0 Å². The van der Waals surface area contributed by atoms with Crippen molar-refractivity contribution >= 4 is 22.9 Å². The molecule has 3 aliphatic rings. The number of likely N-dealkylation sites (N-methyl/N-ethyl adjacent to an activating group) is 1. The highest BCUT2D eigenvalue weighted by Crippen LogP contribution is 2.34. The Balaban J connectivity index is 1.19. The van der Waals surface area contributed by atoms with E-state index in [0.717, 1.165) is 76.7 Å². The SMILES string of the molecule is CN1CCN(C2=CC=NCc3[nH]c(-c4n[nH]c5ccc(-c6cncc(CN7CCC(F)(F)C7)c6)nc45)cc32)CC1. The maximum absolute atomic E-state index is 13.7. The summed E-state index contributed by atoms with van der Waals surface area (Å²) in [6, 6.07) is 8.04. The monoisotopic (exact) mass is 543 g/mol. The highest BCUT2D eigenvalue weighted by molar-refractivity contribution is 5.92. The first-order valence-electron chi connectivity index (χ1n) is 13.7. The van der Waals surface area contributed by atoms with Crippen molar-refractivity contribution < 1.29 is 8.78 Å². The first-order valence-corrected chi connectivity index (χ1v) is 13.7. The number of alkyl halides is 2. The van der Waals surface area contributed by atoms with Gasteiger partial charge in [0.1, 0.15) is 11.2 Å². The number of aromatic amines is 2. The molecule has 0 atom stereocenters. The summed E-state index contributed by atoms with van der Waals surface area (Å²) in [4.78, 5) is 24.0. The number of pyridine rings is 2. The van der Waals surface area contributed by atoms with E-state index >= 15 is 0 Å². The van der Waals surface area contributed by atoms with Gasteiger partial charge in [0.2, 0.25) is 0 Å². The van der Waals surface area contributed by atoms with Crippen LogP contribution in [-0.4, -0.2) is 98.3 Å². The number of aromatic nitrogens is 5. The summed E-state index contributed by atoms with van der Waals surface area (Å²) in [6.45, 7) is 5.19. The van der Waals surface area contributed by atoms with Crippen LogP contribution in [0.25, 0.3) is 39.4 Å². The van der Waals surface area contributed by atoms with Crippen molar-refractivity contribution in [3.8, 4) is 22.6 Å². The number of piperazine rings is 1. The molecule has 4 aromatic heterocycles. The predicted molar refractivity (Wildman–Crippen MR) is 151 cm³/mol. The number of allylic oxidation sites excluding steroid dienone is 1. The zero-order valence-corrected chi connectivity index (χ0v) is 22.4.